The molecule has 4 nitrogen and oxygen atoms in total. The van der Waals surface area contributed by atoms with E-state index in [-0.39, 0.29) is 35.1 Å². The Morgan fingerprint density at radius 3 is 2.50 bits per heavy atom. The predicted molar refractivity (Wildman–Crippen MR) is 89.3 cm³/mol. The van der Waals surface area contributed by atoms with Crippen LogP contribution in [0.5, 0.6) is 0 Å². The summed E-state index contributed by atoms with van der Waals surface area (Å²) >= 11 is 0. The second-order valence-electron chi connectivity index (χ2n) is 9.64. The number of aliphatic hydroxyl groups excluding tert-OH is 1. The Hall–Kier alpha value is -0.900. The van der Waals surface area contributed by atoms with Crippen molar-refractivity contribution in [2.75, 3.05) is 6.61 Å². The number of fused-ring (bicyclic) bond motifs is 3. The Kier molecular flexibility index (Phi) is 3.49. The molecule has 24 heavy (non-hydrogen) atoms. The van der Waals surface area contributed by atoms with Gasteiger partial charge in [-0.1, -0.05) is 13.3 Å². The summed E-state index contributed by atoms with van der Waals surface area (Å²) in [7, 11) is 0. The SMILES string of the molecule is CC12CCC3C4CCCC(C)(C(=O)O)C4CCC3(C1)C(CO)C2=O. The first-order valence-electron chi connectivity index (χ1n) is 9.67. The number of carbonyl (C=O) groups is 2. The third-order valence-electron chi connectivity index (χ3n) is 8.75. The van der Waals surface area contributed by atoms with Crippen LogP contribution in [0, 0.1) is 39.9 Å². The first-order valence-corrected chi connectivity index (χ1v) is 9.67. The van der Waals surface area contributed by atoms with Gasteiger partial charge in [-0.3, -0.25) is 9.59 Å². The van der Waals surface area contributed by atoms with Gasteiger partial charge in [0.2, 0.25) is 0 Å². The van der Waals surface area contributed by atoms with Gasteiger partial charge in [0.05, 0.1) is 12.0 Å². The minimum absolute atomic E-state index is 0.0293. The van der Waals surface area contributed by atoms with Gasteiger partial charge < -0.3 is 10.2 Å². The maximum absolute atomic E-state index is 12.9. The van der Waals surface area contributed by atoms with Gasteiger partial charge in [-0.2, -0.15) is 0 Å². The standard InChI is InChI=1S/C20H30O4/c1-18-8-5-14-12-4-3-7-19(2,17(23)24)13(12)6-9-20(14,11-18)15(10-21)16(18)22/h12-15,21H,3-11H2,1-2H3,(H,23,24). The minimum Gasteiger partial charge on any atom is -0.481 e. The van der Waals surface area contributed by atoms with Crippen LogP contribution >= 0.6 is 0 Å². The van der Waals surface area contributed by atoms with Crippen molar-refractivity contribution >= 4 is 11.8 Å². The van der Waals surface area contributed by atoms with Gasteiger partial charge in [-0.25, -0.2) is 0 Å². The van der Waals surface area contributed by atoms with Gasteiger partial charge in [0.15, 0.2) is 0 Å². The van der Waals surface area contributed by atoms with Gasteiger partial charge in [0.1, 0.15) is 5.78 Å². The van der Waals surface area contributed by atoms with Gasteiger partial charge in [0.25, 0.3) is 0 Å². The van der Waals surface area contributed by atoms with Crippen molar-refractivity contribution in [3.05, 3.63) is 0 Å². The van der Waals surface area contributed by atoms with E-state index in [0.29, 0.717) is 11.8 Å². The average Bonchev–Trinajstić information content (AvgIpc) is 2.69. The molecular formula is C20H30O4. The quantitative estimate of drug-likeness (QED) is 0.813. The maximum Gasteiger partial charge on any atom is 0.309 e. The predicted octanol–water partition coefficient (Wildman–Crippen LogP) is 3.27. The zero-order valence-corrected chi connectivity index (χ0v) is 14.9. The van der Waals surface area contributed by atoms with E-state index in [1.54, 1.807) is 0 Å². The number of carbonyl (C=O) groups excluding carboxylic acids is 1. The first kappa shape index (κ1) is 16.6. The summed E-state index contributed by atoms with van der Waals surface area (Å²) in [6.07, 6.45) is 7.56. The summed E-state index contributed by atoms with van der Waals surface area (Å²) in [4.78, 5) is 24.9. The number of Topliss-reactive ketones (excluding diaryl/α,β-unsaturated/α-hetero) is 1. The van der Waals surface area contributed by atoms with Gasteiger partial charge in [-0.15, -0.1) is 0 Å². The van der Waals surface area contributed by atoms with Crippen LogP contribution in [-0.4, -0.2) is 28.6 Å². The Morgan fingerprint density at radius 1 is 1.12 bits per heavy atom. The van der Waals surface area contributed by atoms with Crippen molar-refractivity contribution in [2.24, 2.45) is 39.9 Å². The highest BCUT2D eigenvalue weighted by Crippen LogP contribution is 2.70. The molecule has 0 saturated heterocycles. The average molecular weight is 334 g/mol. The fourth-order valence-corrected chi connectivity index (χ4v) is 7.60. The van der Waals surface area contributed by atoms with Crippen LogP contribution in [0.4, 0.5) is 0 Å². The molecule has 4 aliphatic carbocycles. The lowest BCUT2D eigenvalue weighted by atomic mass is 9.45. The monoisotopic (exact) mass is 334 g/mol. The molecule has 2 bridgehead atoms. The van der Waals surface area contributed by atoms with Crippen LogP contribution in [0.3, 0.4) is 0 Å². The smallest absolute Gasteiger partial charge is 0.309 e. The van der Waals surface area contributed by atoms with Gasteiger partial charge in [0, 0.05) is 11.3 Å². The number of carboxylic acid groups (broad SMARTS) is 1. The van der Waals surface area contributed by atoms with E-state index in [0.717, 1.165) is 51.4 Å². The van der Waals surface area contributed by atoms with Crippen LogP contribution in [-0.2, 0) is 9.59 Å². The molecule has 4 heteroatoms. The number of aliphatic hydroxyl groups is 1. The lowest BCUT2D eigenvalue weighted by molar-refractivity contribution is -0.167. The number of ketones is 1. The van der Waals surface area contributed by atoms with E-state index >= 15 is 0 Å². The van der Waals surface area contributed by atoms with E-state index in [2.05, 4.69) is 6.92 Å². The van der Waals surface area contributed by atoms with Gasteiger partial charge in [-0.05, 0) is 75.0 Å². The number of carboxylic acids is 1. The third kappa shape index (κ3) is 1.84. The highest BCUT2D eigenvalue weighted by molar-refractivity contribution is 5.90. The van der Waals surface area contributed by atoms with Crippen LogP contribution in [0.25, 0.3) is 0 Å². The van der Waals surface area contributed by atoms with Gasteiger partial charge >= 0.3 is 5.97 Å². The lowest BCUT2D eigenvalue weighted by Gasteiger charge is -2.59. The zero-order chi connectivity index (χ0) is 17.3. The molecule has 2 N–H and O–H groups in total. The van der Waals surface area contributed by atoms with E-state index in [1.165, 1.54) is 0 Å². The zero-order valence-electron chi connectivity index (χ0n) is 14.9. The number of hydrogen-bond donors (Lipinski definition) is 2. The van der Waals surface area contributed by atoms with Crippen molar-refractivity contribution in [3.8, 4) is 0 Å². The molecule has 1 spiro atoms. The van der Waals surface area contributed by atoms with E-state index in [9.17, 15) is 19.8 Å². The highest BCUT2D eigenvalue weighted by atomic mass is 16.4. The second-order valence-corrected chi connectivity index (χ2v) is 9.64. The molecular weight excluding hydrogens is 304 g/mol. The molecule has 0 amide bonds. The number of hydrogen-bond acceptors (Lipinski definition) is 3. The molecule has 7 unspecified atom stereocenters. The Balaban J connectivity index is 1.73. The lowest BCUT2D eigenvalue weighted by Crippen LogP contribution is -2.54. The Bertz CT molecular complexity index is 586. The van der Waals surface area contributed by atoms with Crippen molar-refractivity contribution < 1.29 is 19.8 Å². The summed E-state index contributed by atoms with van der Waals surface area (Å²) in [5.41, 5.74) is -0.916. The Labute approximate surface area is 144 Å². The number of aliphatic carboxylic acids is 1. The fourth-order valence-electron chi connectivity index (χ4n) is 7.60. The summed E-state index contributed by atoms with van der Waals surface area (Å²) in [6.45, 7) is 4.01. The molecule has 7 atom stereocenters. The van der Waals surface area contributed by atoms with Crippen LogP contribution < -0.4 is 0 Å². The third-order valence-corrected chi connectivity index (χ3v) is 8.75. The summed E-state index contributed by atoms with van der Waals surface area (Å²) in [5.74, 6) is 0.496. The Morgan fingerprint density at radius 2 is 1.83 bits per heavy atom. The maximum atomic E-state index is 12.9. The molecule has 0 heterocycles. The molecule has 4 rings (SSSR count). The fraction of sp³-hybridized carbons (Fsp3) is 0.900. The summed E-state index contributed by atoms with van der Waals surface area (Å²) in [6, 6.07) is 0. The molecule has 134 valence electrons. The van der Waals surface area contributed by atoms with E-state index in [1.807, 2.05) is 6.92 Å². The molecule has 0 aliphatic heterocycles. The summed E-state index contributed by atoms with van der Waals surface area (Å²) in [5, 5.41) is 19.9. The molecule has 0 aromatic heterocycles. The van der Waals surface area contributed by atoms with E-state index in [4.69, 9.17) is 0 Å². The van der Waals surface area contributed by atoms with Crippen LogP contribution in [0.15, 0.2) is 0 Å². The van der Waals surface area contributed by atoms with E-state index < -0.39 is 11.4 Å². The molecule has 0 radical (unpaired) electrons. The highest BCUT2D eigenvalue weighted by Gasteiger charge is 2.68. The normalized spacial score (nSPS) is 53.4. The van der Waals surface area contributed by atoms with Crippen LogP contribution in [0.1, 0.15) is 65.2 Å². The topological polar surface area (TPSA) is 74.6 Å². The number of rotatable bonds is 2. The molecule has 4 saturated carbocycles. The second kappa shape index (κ2) is 5.06. The first-order chi connectivity index (χ1) is 11.3. The molecule has 0 aromatic rings. The molecule has 4 aliphatic rings. The van der Waals surface area contributed by atoms with Crippen LogP contribution in [0.2, 0.25) is 0 Å². The summed E-state index contributed by atoms with van der Waals surface area (Å²) < 4.78 is 0. The largest absolute Gasteiger partial charge is 0.481 e. The van der Waals surface area contributed by atoms with Crippen molar-refractivity contribution in [1.82, 2.24) is 0 Å². The molecule has 0 aromatic carbocycles. The minimum atomic E-state index is -0.644. The van der Waals surface area contributed by atoms with Crippen molar-refractivity contribution in [2.45, 2.75) is 65.2 Å². The van der Waals surface area contributed by atoms with Crippen molar-refractivity contribution in [1.29, 1.82) is 0 Å². The van der Waals surface area contributed by atoms with Crippen molar-refractivity contribution in [3.63, 3.8) is 0 Å². The molecule has 4 fully saturated rings.